The van der Waals surface area contributed by atoms with E-state index in [0.29, 0.717) is 26.3 Å². The number of nitrogens with zero attached hydrogens (tertiary/aromatic N) is 4. The van der Waals surface area contributed by atoms with Gasteiger partial charge < -0.3 is 14.6 Å². The fraction of sp³-hybridized carbons (Fsp3) is 0.276. The smallest absolute Gasteiger partial charge is 0.269 e. The standard InChI is InChI=1S/C29H30N4O5/c1-21-3-7-23(8-4-21)19-37-30-15-25-17-32(27-11-13-28(14-12-27)33(35)36)18-26(29(25)34)16-31-38-20-24-9-5-22(2)6-10-24/h3-16,25-26H,17-20H2,1-2H3/b30-15-,31-16+/t25-,26-/m1/s1. The zero-order chi connectivity index (χ0) is 26.9. The Morgan fingerprint density at radius 3 is 1.68 bits per heavy atom. The first-order valence-electron chi connectivity index (χ1n) is 12.3. The van der Waals surface area contributed by atoms with Gasteiger partial charge in [-0.2, -0.15) is 0 Å². The molecule has 0 N–H and O–H groups in total. The third-order valence-electron chi connectivity index (χ3n) is 6.33. The van der Waals surface area contributed by atoms with Gasteiger partial charge in [0.25, 0.3) is 5.69 Å². The second-order valence-electron chi connectivity index (χ2n) is 9.32. The summed E-state index contributed by atoms with van der Waals surface area (Å²) >= 11 is 0. The van der Waals surface area contributed by atoms with Crippen LogP contribution in [0, 0.1) is 35.8 Å². The Hall–Kier alpha value is -4.53. The summed E-state index contributed by atoms with van der Waals surface area (Å²) in [5, 5.41) is 19.2. The number of aryl methyl sites for hydroxylation is 2. The van der Waals surface area contributed by atoms with E-state index in [-0.39, 0.29) is 11.5 Å². The minimum absolute atomic E-state index is 0.00655. The lowest BCUT2D eigenvalue weighted by Crippen LogP contribution is -2.48. The summed E-state index contributed by atoms with van der Waals surface area (Å²) < 4.78 is 0. The lowest BCUT2D eigenvalue weighted by atomic mass is 9.88. The summed E-state index contributed by atoms with van der Waals surface area (Å²) in [4.78, 5) is 36.7. The molecule has 38 heavy (non-hydrogen) atoms. The van der Waals surface area contributed by atoms with Gasteiger partial charge in [-0.25, -0.2) is 0 Å². The Bertz CT molecular complexity index is 1220. The number of hydrogen-bond acceptors (Lipinski definition) is 8. The van der Waals surface area contributed by atoms with Crippen LogP contribution in [0.15, 0.2) is 83.1 Å². The molecule has 1 aliphatic rings. The zero-order valence-electron chi connectivity index (χ0n) is 21.4. The summed E-state index contributed by atoms with van der Waals surface area (Å²) in [5.41, 5.74) is 5.05. The average Bonchev–Trinajstić information content (AvgIpc) is 2.92. The molecule has 0 saturated carbocycles. The van der Waals surface area contributed by atoms with Gasteiger partial charge in [0, 0.05) is 30.9 Å². The molecule has 0 bridgehead atoms. The van der Waals surface area contributed by atoms with E-state index in [1.807, 2.05) is 67.3 Å². The second kappa shape index (κ2) is 12.6. The lowest BCUT2D eigenvalue weighted by Gasteiger charge is -2.35. The molecule has 4 rings (SSSR count). The number of anilines is 1. The quantitative estimate of drug-likeness (QED) is 0.208. The van der Waals surface area contributed by atoms with Crippen molar-refractivity contribution in [2.75, 3.05) is 18.0 Å². The average molecular weight is 515 g/mol. The SMILES string of the molecule is Cc1ccc(CO/N=C\[C@@H]2CN(c3ccc([N+](=O)[O-])cc3)C[C@@H](/C=N/OCc3ccc(C)cc3)C2=O)cc1. The Kier molecular flexibility index (Phi) is 8.81. The molecule has 1 saturated heterocycles. The molecular weight excluding hydrogens is 484 g/mol. The van der Waals surface area contributed by atoms with Crippen LogP contribution in [0.5, 0.6) is 0 Å². The van der Waals surface area contributed by atoms with E-state index >= 15 is 0 Å². The monoisotopic (exact) mass is 514 g/mol. The molecule has 0 unspecified atom stereocenters. The van der Waals surface area contributed by atoms with E-state index in [1.165, 1.54) is 24.6 Å². The summed E-state index contributed by atoms with van der Waals surface area (Å²) in [6, 6.07) is 22.1. The van der Waals surface area contributed by atoms with Crippen molar-refractivity contribution in [3.05, 3.63) is 105 Å². The molecule has 0 radical (unpaired) electrons. The zero-order valence-corrected chi connectivity index (χ0v) is 21.4. The highest BCUT2D eigenvalue weighted by Crippen LogP contribution is 2.25. The maximum atomic E-state index is 13.2. The normalized spacial score (nSPS) is 17.7. The van der Waals surface area contributed by atoms with Gasteiger partial charge in [-0.1, -0.05) is 70.0 Å². The van der Waals surface area contributed by atoms with Crippen molar-refractivity contribution in [2.24, 2.45) is 22.1 Å². The largest absolute Gasteiger partial charge is 0.391 e. The minimum atomic E-state index is -0.550. The molecule has 2 atom stereocenters. The van der Waals surface area contributed by atoms with E-state index in [0.717, 1.165) is 27.9 Å². The van der Waals surface area contributed by atoms with Crippen molar-refractivity contribution < 1.29 is 19.4 Å². The molecule has 0 aromatic heterocycles. The summed E-state index contributed by atoms with van der Waals surface area (Å²) in [5.74, 6) is -1.15. The van der Waals surface area contributed by atoms with E-state index in [4.69, 9.17) is 9.68 Å². The van der Waals surface area contributed by atoms with Crippen molar-refractivity contribution in [1.29, 1.82) is 0 Å². The minimum Gasteiger partial charge on any atom is -0.391 e. The first-order chi connectivity index (χ1) is 18.4. The van der Waals surface area contributed by atoms with Gasteiger partial charge >= 0.3 is 0 Å². The van der Waals surface area contributed by atoms with Crippen LogP contribution in [0.2, 0.25) is 0 Å². The van der Waals surface area contributed by atoms with Crippen molar-refractivity contribution in [1.82, 2.24) is 0 Å². The number of piperidine rings is 1. The van der Waals surface area contributed by atoms with Gasteiger partial charge in [-0.05, 0) is 37.1 Å². The van der Waals surface area contributed by atoms with Gasteiger partial charge in [0.1, 0.15) is 13.2 Å². The highest BCUT2D eigenvalue weighted by atomic mass is 16.6. The molecule has 0 amide bonds. The van der Waals surface area contributed by atoms with Crippen LogP contribution in [0.4, 0.5) is 11.4 Å². The predicted octanol–water partition coefficient (Wildman–Crippen LogP) is 5.24. The number of carbonyl (C=O) groups is 1. The molecule has 9 heteroatoms. The topological polar surface area (TPSA) is 107 Å². The highest BCUT2D eigenvalue weighted by molar-refractivity contribution is 6.05. The fourth-order valence-corrected chi connectivity index (χ4v) is 4.07. The van der Waals surface area contributed by atoms with E-state index in [1.54, 1.807) is 12.1 Å². The number of benzene rings is 3. The molecule has 1 fully saturated rings. The van der Waals surface area contributed by atoms with E-state index < -0.39 is 16.8 Å². The molecule has 1 heterocycles. The van der Waals surface area contributed by atoms with Gasteiger partial charge in [0.15, 0.2) is 5.78 Å². The Morgan fingerprint density at radius 1 is 0.816 bits per heavy atom. The summed E-state index contributed by atoms with van der Waals surface area (Å²) in [6.07, 6.45) is 3.03. The second-order valence-corrected chi connectivity index (χ2v) is 9.32. The molecule has 196 valence electrons. The number of rotatable bonds is 10. The van der Waals surface area contributed by atoms with Crippen molar-refractivity contribution in [3.63, 3.8) is 0 Å². The van der Waals surface area contributed by atoms with Crippen LogP contribution >= 0.6 is 0 Å². The molecule has 9 nitrogen and oxygen atoms in total. The molecule has 3 aromatic carbocycles. The van der Waals surface area contributed by atoms with Crippen LogP contribution in [0.1, 0.15) is 22.3 Å². The molecule has 1 aliphatic heterocycles. The van der Waals surface area contributed by atoms with Crippen LogP contribution in [0.25, 0.3) is 0 Å². The van der Waals surface area contributed by atoms with Crippen molar-refractivity contribution >= 4 is 29.6 Å². The molecular formula is C29H30N4O5. The van der Waals surface area contributed by atoms with Crippen molar-refractivity contribution in [2.45, 2.75) is 27.1 Å². The number of carbonyl (C=O) groups excluding carboxylic acids is 1. The number of ketones is 1. The number of oxime groups is 2. The summed E-state index contributed by atoms with van der Waals surface area (Å²) in [7, 11) is 0. The predicted molar refractivity (Wildman–Crippen MR) is 146 cm³/mol. The lowest BCUT2D eigenvalue weighted by molar-refractivity contribution is -0.384. The van der Waals surface area contributed by atoms with E-state index in [9.17, 15) is 14.9 Å². The van der Waals surface area contributed by atoms with Crippen LogP contribution < -0.4 is 4.90 Å². The van der Waals surface area contributed by atoms with Crippen molar-refractivity contribution in [3.8, 4) is 0 Å². The number of nitro benzene ring substituents is 1. The Balaban J connectivity index is 1.43. The molecule has 0 spiro atoms. The van der Waals surface area contributed by atoms with Gasteiger partial charge in [0.2, 0.25) is 0 Å². The van der Waals surface area contributed by atoms with Crippen LogP contribution in [0.3, 0.4) is 0 Å². The molecule has 3 aromatic rings. The highest BCUT2D eigenvalue weighted by Gasteiger charge is 2.34. The third kappa shape index (κ3) is 7.25. The Morgan fingerprint density at radius 2 is 1.26 bits per heavy atom. The first-order valence-corrected chi connectivity index (χ1v) is 12.3. The number of hydrogen-bond donors (Lipinski definition) is 0. The third-order valence-corrected chi connectivity index (χ3v) is 6.33. The van der Waals surface area contributed by atoms with Crippen LogP contribution in [-0.4, -0.2) is 36.2 Å². The van der Waals surface area contributed by atoms with Gasteiger partial charge in [-0.3, -0.25) is 14.9 Å². The number of nitro groups is 1. The van der Waals surface area contributed by atoms with Crippen LogP contribution in [-0.2, 0) is 27.7 Å². The number of Topliss-reactive ketones (excluding diaryl/α,β-unsaturated/α-hetero) is 1. The van der Waals surface area contributed by atoms with Gasteiger partial charge in [0.05, 0.1) is 29.2 Å². The number of non-ortho nitro benzene ring substituents is 1. The van der Waals surface area contributed by atoms with Gasteiger partial charge in [-0.15, -0.1) is 0 Å². The fourth-order valence-electron chi connectivity index (χ4n) is 4.07. The maximum absolute atomic E-state index is 13.2. The maximum Gasteiger partial charge on any atom is 0.269 e. The summed E-state index contributed by atoms with van der Waals surface area (Å²) in [6.45, 7) is 5.34. The molecule has 0 aliphatic carbocycles. The Labute approximate surface area is 221 Å². The van der Waals surface area contributed by atoms with E-state index in [2.05, 4.69) is 10.3 Å². The first kappa shape index (κ1) is 26.5.